The Bertz CT molecular complexity index is 706. The van der Waals surface area contributed by atoms with Gasteiger partial charge < -0.3 is 15.5 Å². The molecule has 1 unspecified atom stereocenters. The summed E-state index contributed by atoms with van der Waals surface area (Å²) in [5.41, 5.74) is 0.898. The molecule has 1 atom stereocenters. The van der Waals surface area contributed by atoms with Crippen molar-refractivity contribution in [3.8, 4) is 0 Å². The maximum atomic E-state index is 4.74. The Morgan fingerprint density at radius 3 is 2.75 bits per heavy atom. The number of aliphatic imine (C=N–C) groups is 1. The molecule has 0 fully saturated rings. The van der Waals surface area contributed by atoms with Gasteiger partial charge in [0.2, 0.25) is 0 Å². The van der Waals surface area contributed by atoms with Gasteiger partial charge in [0.05, 0.1) is 0 Å². The molecule has 2 aromatic heterocycles. The van der Waals surface area contributed by atoms with Crippen LogP contribution in [0.1, 0.15) is 52.8 Å². The average molecular weight is 388 g/mol. The minimum absolute atomic E-state index is 0.411. The zero-order valence-electron chi connectivity index (χ0n) is 18.0. The van der Waals surface area contributed by atoms with Gasteiger partial charge in [-0.2, -0.15) is 0 Å². The molecule has 2 N–H and O–H groups in total. The molecule has 0 amide bonds. The summed E-state index contributed by atoms with van der Waals surface area (Å²) < 4.78 is 2.05. The van der Waals surface area contributed by atoms with Crippen LogP contribution < -0.4 is 10.6 Å². The fraction of sp³-hybridized carbons (Fsp3) is 0.667. The second kappa shape index (κ2) is 12.3. The van der Waals surface area contributed by atoms with E-state index in [1.807, 2.05) is 28.8 Å². The van der Waals surface area contributed by atoms with E-state index in [1.54, 1.807) is 0 Å². The first kappa shape index (κ1) is 22.1. The van der Waals surface area contributed by atoms with Crippen LogP contribution in [-0.4, -0.2) is 64.2 Å². The van der Waals surface area contributed by atoms with Crippen LogP contribution in [0.5, 0.6) is 0 Å². The summed E-state index contributed by atoms with van der Waals surface area (Å²) in [5, 5.41) is 15.4. The van der Waals surface area contributed by atoms with Crippen LogP contribution in [-0.2, 0) is 6.42 Å². The lowest BCUT2D eigenvalue weighted by Gasteiger charge is -2.21. The molecule has 28 heavy (non-hydrogen) atoms. The first-order valence-corrected chi connectivity index (χ1v) is 10.7. The second-order valence-electron chi connectivity index (χ2n) is 7.12. The fourth-order valence-corrected chi connectivity index (χ4v) is 3.28. The number of aromatic nitrogens is 3. The highest BCUT2D eigenvalue weighted by atomic mass is 15.2. The highest BCUT2D eigenvalue weighted by Crippen LogP contribution is 2.05. The van der Waals surface area contributed by atoms with E-state index in [2.05, 4.69) is 53.4 Å². The lowest BCUT2D eigenvalue weighted by molar-refractivity contribution is 0.292. The zero-order chi connectivity index (χ0) is 20.2. The van der Waals surface area contributed by atoms with E-state index in [0.29, 0.717) is 6.04 Å². The van der Waals surface area contributed by atoms with Gasteiger partial charge in [0, 0.05) is 31.7 Å². The zero-order valence-corrected chi connectivity index (χ0v) is 18.0. The Kier molecular flexibility index (Phi) is 9.76. The molecule has 0 bridgehead atoms. The Hall–Kier alpha value is -2.15. The van der Waals surface area contributed by atoms with Crippen molar-refractivity contribution < 1.29 is 0 Å². The van der Waals surface area contributed by atoms with Gasteiger partial charge in [-0.3, -0.25) is 9.39 Å². The van der Waals surface area contributed by atoms with Gasteiger partial charge in [0.1, 0.15) is 5.82 Å². The van der Waals surface area contributed by atoms with Crippen molar-refractivity contribution in [2.45, 2.75) is 59.4 Å². The topological polar surface area (TPSA) is 69.8 Å². The third-order valence-corrected chi connectivity index (χ3v) is 4.95. The number of hydrogen-bond acceptors (Lipinski definition) is 4. The molecule has 2 heterocycles. The molecular formula is C21H37N7. The standard InChI is InChI=1S/C21H37N7/c1-5-22-21(24-18(4)12-11-16-27(6-2)7-3)23-15-10-14-20-26-25-19-13-8-9-17-28(19)20/h8-9,13,17-18H,5-7,10-12,14-16H2,1-4H3,(H2,22,23,24). The van der Waals surface area contributed by atoms with Crippen molar-refractivity contribution in [2.75, 3.05) is 32.7 Å². The summed E-state index contributed by atoms with van der Waals surface area (Å²) in [5.74, 6) is 1.90. The van der Waals surface area contributed by atoms with Gasteiger partial charge in [-0.25, -0.2) is 0 Å². The average Bonchev–Trinajstić information content (AvgIpc) is 3.12. The smallest absolute Gasteiger partial charge is 0.191 e. The normalized spacial score (nSPS) is 13.2. The molecule has 0 saturated carbocycles. The number of rotatable bonds is 12. The lowest BCUT2D eigenvalue weighted by atomic mass is 10.2. The van der Waals surface area contributed by atoms with Crippen LogP contribution in [0, 0.1) is 0 Å². The van der Waals surface area contributed by atoms with Gasteiger partial charge in [-0.15, -0.1) is 10.2 Å². The van der Waals surface area contributed by atoms with Gasteiger partial charge in [-0.05, 0) is 64.9 Å². The molecule has 2 rings (SSSR count). The molecule has 0 aliphatic heterocycles. The Balaban J connectivity index is 1.76. The molecule has 7 nitrogen and oxygen atoms in total. The summed E-state index contributed by atoms with van der Waals surface area (Å²) in [6.45, 7) is 13.8. The largest absolute Gasteiger partial charge is 0.357 e. The summed E-state index contributed by atoms with van der Waals surface area (Å²) >= 11 is 0. The van der Waals surface area contributed by atoms with E-state index >= 15 is 0 Å². The SMILES string of the molecule is CCNC(=NCCCc1nnc2ccccn12)NC(C)CCCN(CC)CC. The summed E-state index contributed by atoms with van der Waals surface area (Å²) in [4.78, 5) is 7.21. The van der Waals surface area contributed by atoms with E-state index in [9.17, 15) is 0 Å². The van der Waals surface area contributed by atoms with Crippen LogP contribution in [0.2, 0.25) is 0 Å². The molecule has 7 heteroatoms. The predicted molar refractivity (Wildman–Crippen MR) is 117 cm³/mol. The van der Waals surface area contributed by atoms with Crippen LogP contribution in [0.25, 0.3) is 5.65 Å². The lowest BCUT2D eigenvalue weighted by Crippen LogP contribution is -2.42. The molecule has 0 aliphatic rings. The fourth-order valence-electron chi connectivity index (χ4n) is 3.28. The van der Waals surface area contributed by atoms with Crippen molar-refractivity contribution >= 4 is 11.6 Å². The van der Waals surface area contributed by atoms with Crippen LogP contribution in [0.3, 0.4) is 0 Å². The van der Waals surface area contributed by atoms with E-state index in [1.165, 1.54) is 13.0 Å². The molecule has 0 radical (unpaired) electrons. The number of fused-ring (bicyclic) bond motifs is 1. The van der Waals surface area contributed by atoms with Crippen molar-refractivity contribution in [3.63, 3.8) is 0 Å². The predicted octanol–water partition coefficient (Wildman–Crippen LogP) is 2.73. The van der Waals surface area contributed by atoms with E-state index in [4.69, 9.17) is 4.99 Å². The van der Waals surface area contributed by atoms with Gasteiger partial charge in [0.15, 0.2) is 11.6 Å². The highest BCUT2D eigenvalue weighted by Gasteiger charge is 2.07. The minimum Gasteiger partial charge on any atom is -0.357 e. The summed E-state index contributed by atoms with van der Waals surface area (Å²) in [7, 11) is 0. The molecule has 0 aliphatic carbocycles. The Labute approximate surface area is 169 Å². The third kappa shape index (κ3) is 7.11. The summed E-state index contributed by atoms with van der Waals surface area (Å²) in [6.07, 6.45) is 6.18. The first-order valence-electron chi connectivity index (χ1n) is 10.7. The minimum atomic E-state index is 0.411. The maximum absolute atomic E-state index is 4.74. The maximum Gasteiger partial charge on any atom is 0.191 e. The molecule has 156 valence electrons. The number of nitrogens with one attached hydrogen (secondary N) is 2. The molecule has 2 aromatic rings. The number of hydrogen-bond donors (Lipinski definition) is 2. The van der Waals surface area contributed by atoms with Crippen LogP contribution in [0.15, 0.2) is 29.4 Å². The number of pyridine rings is 1. The van der Waals surface area contributed by atoms with E-state index < -0.39 is 0 Å². The number of aryl methyl sites for hydroxylation is 1. The van der Waals surface area contributed by atoms with Crippen molar-refractivity contribution in [1.82, 2.24) is 30.1 Å². The number of nitrogens with zero attached hydrogens (tertiary/aromatic N) is 5. The second-order valence-corrected chi connectivity index (χ2v) is 7.12. The monoisotopic (exact) mass is 387 g/mol. The van der Waals surface area contributed by atoms with Crippen molar-refractivity contribution in [1.29, 1.82) is 0 Å². The molecule has 0 saturated heterocycles. The Morgan fingerprint density at radius 2 is 2.00 bits per heavy atom. The van der Waals surface area contributed by atoms with E-state index in [-0.39, 0.29) is 0 Å². The van der Waals surface area contributed by atoms with Gasteiger partial charge in [0.25, 0.3) is 0 Å². The van der Waals surface area contributed by atoms with Gasteiger partial charge in [-0.1, -0.05) is 19.9 Å². The van der Waals surface area contributed by atoms with Crippen LogP contribution in [0.4, 0.5) is 0 Å². The molecule has 0 spiro atoms. The van der Waals surface area contributed by atoms with Gasteiger partial charge >= 0.3 is 0 Å². The first-order chi connectivity index (χ1) is 13.7. The van der Waals surface area contributed by atoms with Crippen molar-refractivity contribution in [3.05, 3.63) is 30.2 Å². The quantitative estimate of drug-likeness (QED) is 0.333. The van der Waals surface area contributed by atoms with E-state index in [0.717, 1.165) is 62.9 Å². The third-order valence-electron chi connectivity index (χ3n) is 4.95. The molecule has 0 aromatic carbocycles. The van der Waals surface area contributed by atoms with Crippen molar-refractivity contribution in [2.24, 2.45) is 4.99 Å². The highest BCUT2D eigenvalue weighted by molar-refractivity contribution is 5.80. The summed E-state index contributed by atoms with van der Waals surface area (Å²) in [6, 6.07) is 6.38. The molecular weight excluding hydrogens is 350 g/mol. The number of guanidine groups is 1. The van der Waals surface area contributed by atoms with Crippen LogP contribution >= 0.6 is 0 Å². The Morgan fingerprint density at radius 1 is 1.18 bits per heavy atom.